The van der Waals surface area contributed by atoms with E-state index < -0.39 is 0 Å². The Morgan fingerprint density at radius 2 is 1.74 bits per heavy atom. The summed E-state index contributed by atoms with van der Waals surface area (Å²) in [4.78, 5) is 7.35. The Balaban J connectivity index is 0.00000324. The molecule has 0 aliphatic carbocycles. The number of methoxy groups -OCH3 is 1. The van der Waals surface area contributed by atoms with E-state index in [4.69, 9.17) is 9.73 Å². The molecule has 1 aliphatic rings. The van der Waals surface area contributed by atoms with Crippen molar-refractivity contribution in [2.45, 2.75) is 39.3 Å². The second kappa shape index (κ2) is 12.7. The van der Waals surface area contributed by atoms with Crippen LogP contribution in [0.4, 0.5) is 0 Å². The Morgan fingerprint density at radius 1 is 1.03 bits per heavy atom. The number of rotatable bonds is 7. The molecule has 2 aromatic carbocycles. The minimum Gasteiger partial charge on any atom is -0.497 e. The Hall–Kier alpha value is -2.62. The lowest BCUT2D eigenvalue weighted by molar-refractivity contribution is 0.258. The topological polar surface area (TPSA) is 67.6 Å². The van der Waals surface area contributed by atoms with Crippen LogP contribution in [0, 0.1) is 12.8 Å². The van der Waals surface area contributed by atoms with Gasteiger partial charge in [0.25, 0.3) is 0 Å². The first-order valence-corrected chi connectivity index (χ1v) is 11.7. The van der Waals surface area contributed by atoms with Crippen molar-refractivity contribution in [2.75, 3.05) is 20.2 Å². The average Bonchev–Trinajstić information content (AvgIpc) is 3.18. The van der Waals surface area contributed by atoms with Crippen LogP contribution in [-0.2, 0) is 26.6 Å². The van der Waals surface area contributed by atoms with Crippen molar-refractivity contribution < 1.29 is 4.74 Å². The van der Waals surface area contributed by atoms with Crippen LogP contribution >= 0.6 is 24.0 Å². The Morgan fingerprint density at radius 3 is 2.35 bits per heavy atom. The van der Waals surface area contributed by atoms with Crippen molar-refractivity contribution in [3.05, 3.63) is 77.4 Å². The molecule has 34 heavy (non-hydrogen) atoms. The van der Waals surface area contributed by atoms with Gasteiger partial charge in [0.2, 0.25) is 0 Å². The number of likely N-dealkylation sites (tertiary alicyclic amines) is 1. The molecule has 0 bridgehead atoms. The lowest BCUT2D eigenvalue weighted by Crippen LogP contribution is -2.46. The second-order valence-corrected chi connectivity index (χ2v) is 8.68. The molecule has 3 aromatic rings. The Labute approximate surface area is 219 Å². The van der Waals surface area contributed by atoms with E-state index in [-0.39, 0.29) is 24.0 Å². The van der Waals surface area contributed by atoms with Crippen LogP contribution in [0.5, 0.6) is 5.75 Å². The van der Waals surface area contributed by atoms with Crippen LogP contribution in [0.2, 0.25) is 0 Å². The molecule has 0 spiro atoms. The second-order valence-electron chi connectivity index (χ2n) is 8.68. The van der Waals surface area contributed by atoms with Crippen LogP contribution in [-0.4, -0.2) is 45.8 Å². The minimum absolute atomic E-state index is 0. The lowest BCUT2D eigenvalue weighted by Gasteiger charge is -2.34. The predicted octanol–water partition coefficient (Wildman–Crippen LogP) is 4.35. The van der Waals surface area contributed by atoms with E-state index in [1.54, 1.807) is 7.11 Å². The molecule has 8 heteroatoms. The lowest BCUT2D eigenvalue weighted by atomic mass is 9.90. The molecule has 1 aromatic heterocycles. The summed E-state index contributed by atoms with van der Waals surface area (Å²) >= 11 is 0. The number of hydrogen-bond donors (Lipinski definition) is 1. The van der Waals surface area contributed by atoms with Gasteiger partial charge in [-0.15, -0.1) is 34.2 Å². The number of nitrogens with zero attached hydrogens (tertiary/aromatic N) is 5. The zero-order valence-electron chi connectivity index (χ0n) is 20.3. The van der Waals surface area contributed by atoms with Gasteiger partial charge in [0.1, 0.15) is 11.6 Å². The summed E-state index contributed by atoms with van der Waals surface area (Å²) < 4.78 is 7.29. The van der Waals surface area contributed by atoms with E-state index in [1.165, 1.54) is 18.4 Å². The molecule has 1 fully saturated rings. The highest BCUT2D eigenvalue weighted by Crippen LogP contribution is 2.22. The van der Waals surface area contributed by atoms with Crippen molar-refractivity contribution >= 4 is 29.9 Å². The van der Waals surface area contributed by atoms with E-state index >= 15 is 0 Å². The molecular weight excluding hydrogens is 539 g/mol. The molecule has 0 radical (unpaired) electrons. The number of ether oxygens (including phenoxy) is 1. The largest absolute Gasteiger partial charge is 0.497 e. The number of benzene rings is 2. The molecule has 1 saturated heterocycles. The Kier molecular flexibility index (Phi) is 9.74. The summed E-state index contributed by atoms with van der Waals surface area (Å²) in [5, 5.41) is 12.0. The van der Waals surface area contributed by atoms with Crippen molar-refractivity contribution in [2.24, 2.45) is 18.0 Å². The van der Waals surface area contributed by atoms with Crippen LogP contribution in [0.25, 0.3) is 0 Å². The van der Waals surface area contributed by atoms with Crippen LogP contribution < -0.4 is 10.1 Å². The van der Waals surface area contributed by atoms with Gasteiger partial charge >= 0.3 is 0 Å². The third-order valence-corrected chi connectivity index (χ3v) is 6.44. The van der Waals surface area contributed by atoms with Gasteiger partial charge in [-0.1, -0.05) is 42.5 Å². The summed E-state index contributed by atoms with van der Waals surface area (Å²) in [6.45, 7) is 5.19. The number of aliphatic imine (C=N–C) groups is 1. The monoisotopic (exact) mass is 574 g/mol. The van der Waals surface area contributed by atoms with E-state index in [1.807, 2.05) is 30.7 Å². The standard InChI is InChI=1S/C26H34N6O.HI/c1-20-29-30-25(31(20)2)19-28-26(27-18-23-9-11-24(33-3)12-10-23)32-15-13-22(14-16-32)17-21-7-5-4-6-8-21;/h4-12,22H,13-19H2,1-3H3,(H,27,28);1H. The van der Waals surface area contributed by atoms with E-state index in [9.17, 15) is 0 Å². The fourth-order valence-electron chi connectivity index (χ4n) is 4.22. The van der Waals surface area contributed by atoms with E-state index in [2.05, 4.69) is 62.9 Å². The summed E-state index contributed by atoms with van der Waals surface area (Å²) in [7, 11) is 3.68. The third kappa shape index (κ3) is 6.94. The highest BCUT2D eigenvalue weighted by Gasteiger charge is 2.22. The van der Waals surface area contributed by atoms with Gasteiger partial charge in [0, 0.05) is 20.1 Å². The fourth-order valence-corrected chi connectivity index (χ4v) is 4.22. The first-order chi connectivity index (χ1) is 16.1. The maximum Gasteiger partial charge on any atom is 0.194 e. The first-order valence-electron chi connectivity index (χ1n) is 11.7. The zero-order chi connectivity index (χ0) is 23.0. The quantitative estimate of drug-likeness (QED) is 0.258. The third-order valence-electron chi connectivity index (χ3n) is 6.44. The summed E-state index contributed by atoms with van der Waals surface area (Å²) in [6, 6.07) is 18.9. The predicted molar refractivity (Wildman–Crippen MR) is 147 cm³/mol. The number of nitrogens with one attached hydrogen (secondary N) is 1. The molecular formula is C26H35IN6O. The average molecular weight is 575 g/mol. The number of aryl methyl sites for hydroxylation is 1. The smallest absolute Gasteiger partial charge is 0.194 e. The molecule has 182 valence electrons. The molecule has 4 rings (SSSR count). The highest BCUT2D eigenvalue weighted by atomic mass is 127. The van der Waals surface area contributed by atoms with Crippen molar-refractivity contribution in [3.63, 3.8) is 0 Å². The molecule has 2 heterocycles. The molecule has 1 N–H and O–H groups in total. The van der Waals surface area contributed by atoms with Crippen molar-refractivity contribution in [3.8, 4) is 5.75 Å². The molecule has 0 unspecified atom stereocenters. The van der Waals surface area contributed by atoms with Crippen molar-refractivity contribution in [1.29, 1.82) is 0 Å². The molecule has 1 aliphatic heterocycles. The highest BCUT2D eigenvalue weighted by molar-refractivity contribution is 14.0. The maximum atomic E-state index is 5.27. The molecule has 7 nitrogen and oxygen atoms in total. The zero-order valence-corrected chi connectivity index (χ0v) is 22.6. The Bertz CT molecular complexity index is 1040. The molecule has 0 saturated carbocycles. The number of guanidine groups is 1. The van der Waals surface area contributed by atoms with Crippen molar-refractivity contribution in [1.82, 2.24) is 25.0 Å². The number of hydrogen-bond acceptors (Lipinski definition) is 4. The van der Waals surface area contributed by atoms with E-state index in [0.29, 0.717) is 19.0 Å². The van der Waals surface area contributed by atoms with Gasteiger partial charge < -0.3 is 19.5 Å². The number of piperidine rings is 1. The van der Waals surface area contributed by atoms with Gasteiger partial charge in [-0.25, -0.2) is 4.99 Å². The van der Waals surface area contributed by atoms with Gasteiger partial charge in [-0.3, -0.25) is 0 Å². The summed E-state index contributed by atoms with van der Waals surface area (Å²) in [5.74, 6) is 4.32. The fraction of sp³-hybridized carbons (Fsp3) is 0.423. The van der Waals surface area contributed by atoms with Crippen LogP contribution in [0.1, 0.15) is 35.6 Å². The summed E-state index contributed by atoms with van der Waals surface area (Å²) in [6.07, 6.45) is 3.49. The van der Waals surface area contributed by atoms with Crippen LogP contribution in [0.3, 0.4) is 0 Å². The normalized spacial score (nSPS) is 14.6. The minimum atomic E-state index is 0. The molecule has 0 amide bonds. The van der Waals surface area contributed by atoms with Gasteiger partial charge in [0.05, 0.1) is 20.2 Å². The number of aromatic nitrogens is 3. The van der Waals surface area contributed by atoms with Gasteiger partial charge in [-0.05, 0) is 55.4 Å². The van der Waals surface area contributed by atoms with Crippen LogP contribution in [0.15, 0.2) is 59.6 Å². The maximum absolute atomic E-state index is 5.27. The summed E-state index contributed by atoms with van der Waals surface area (Å²) in [5.41, 5.74) is 2.59. The van der Waals surface area contributed by atoms with E-state index in [0.717, 1.165) is 48.4 Å². The molecule has 0 atom stereocenters. The first kappa shape index (κ1) is 26.0. The SMILES string of the molecule is COc1ccc(CN=C(NCc2nnc(C)n2C)N2CCC(Cc3ccccc3)CC2)cc1.I. The van der Waals surface area contributed by atoms with Gasteiger partial charge in [0.15, 0.2) is 11.8 Å². The van der Waals surface area contributed by atoms with Gasteiger partial charge in [-0.2, -0.15) is 0 Å². The number of halogens is 1.